The third-order valence-electron chi connectivity index (χ3n) is 4.48. The van der Waals surface area contributed by atoms with Crippen LogP contribution in [-0.4, -0.2) is 52.7 Å². The first-order valence-electron chi connectivity index (χ1n) is 8.55. The van der Waals surface area contributed by atoms with Gasteiger partial charge in [-0.3, -0.25) is 14.5 Å². The maximum atomic E-state index is 12.1. The zero-order valence-corrected chi connectivity index (χ0v) is 14.8. The van der Waals surface area contributed by atoms with Gasteiger partial charge in [-0.1, -0.05) is 13.8 Å². The van der Waals surface area contributed by atoms with Crippen LogP contribution in [0.1, 0.15) is 53.5 Å². The van der Waals surface area contributed by atoms with Crippen LogP contribution in [-0.2, 0) is 17.8 Å². The highest BCUT2D eigenvalue weighted by Crippen LogP contribution is 2.27. The number of piperazine rings is 1. The molecule has 0 spiro atoms. The molecule has 126 valence electrons. The van der Waals surface area contributed by atoms with Gasteiger partial charge >= 0.3 is 0 Å². The number of amides is 1. The fraction of sp³-hybridized carbons (Fsp3) is 0.706. The standard InChI is InChI=1S/C17H25N3O2S/c1-12(2)10-16(22)20-8-6-19(7-9-20)11-15-18-13-4-3-5-14(21)17(13)23-15/h12H,3-11H2,1-2H3. The Morgan fingerprint density at radius 1 is 1.22 bits per heavy atom. The first kappa shape index (κ1) is 16.6. The second-order valence-electron chi connectivity index (χ2n) is 6.92. The molecule has 0 N–H and O–H groups in total. The number of nitrogens with zero attached hydrogens (tertiary/aromatic N) is 3. The van der Waals surface area contributed by atoms with Gasteiger partial charge in [-0.25, -0.2) is 4.98 Å². The number of hydrogen-bond acceptors (Lipinski definition) is 5. The monoisotopic (exact) mass is 335 g/mol. The van der Waals surface area contributed by atoms with Crippen LogP contribution in [0.4, 0.5) is 0 Å². The van der Waals surface area contributed by atoms with Crippen molar-refractivity contribution in [2.75, 3.05) is 26.2 Å². The Kier molecular flexibility index (Phi) is 5.11. The molecule has 0 saturated carbocycles. The average Bonchev–Trinajstić information content (AvgIpc) is 2.91. The molecule has 6 heteroatoms. The maximum Gasteiger partial charge on any atom is 0.222 e. The number of aromatic nitrogens is 1. The Bertz CT molecular complexity index is 589. The van der Waals surface area contributed by atoms with Crippen LogP contribution in [0.15, 0.2) is 0 Å². The minimum absolute atomic E-state index is 0.263. The second-order valence-corrected chi connectivity index (χ2v) is 8.00. The number of ketones is 1. The smallest absolute Gasteiger partial charge is 0.222 e. The van der Waals surface area contributed by atoms with Crippen LogP contribution in [0.25, 0.3) is 0 Å². The molecule has 1 aromatic heterocycles. The van der Waals surface area contributed by atoms with Crippen molar-refractivity contribution in [2.24, 2.45) is 5.92 Å². The highest BCUT2D eigenvalue weighted by Gasteiger charge is 2.25. The lowest BCUT2D eigenvalue weighted by molar-refractivity contribution is -0.133. The number of carbonyl (C=O) groups is 2. The van der Waals surface area contributed by atoms with Gasteiger partial charge in [-0.15, -0.1) is 11.3 Å². The number of rotatable bonds is 4. The average molecular weight is 335 g/mol. The lowest BCUT2D eigenvalue weighted by atomic mass is 10.0. The van der Waals surface area contributed by atoms with Crippen LogP contribution in [0.2, 0.25) is 0 Å². The van der Waals surface area contributed by atoms with Gasteiger partial charge in [-0.2, -0.15) is 0 Å². The summed E-state index contributed by atoms with van der Waals surface area (Å²) in [5.41, 5.74) is 1.01. The molecular formula is C17H25N3O2S. The summed E-state index contributed by atoms with van der Waals surface area (Å²) in [4.78, 5) is 33.9. The molecule has 0 atom stereocenters. The van der Waals surface area contributed by atoms with Gasteiger partial charge in [0.25, 0.3) is 0 Å². The molecule has 0 unspecified atom stereocenters. The molecular weight excluding hydrogens is 310 g/mol. The Morgan fingerprint density at radius 3 is 2.61 bits per heavy atom. The van der Waals surface area contributed by atoms with Gasteiger partial charge < -0.3 is 4.90 Å². The molecule has 1 aliphatic carbocycles. The number of thiazole rings is 1. The Morgan fingerprint density at radius 2 is 1.96 bits per heavy atom. The summed E-state index contributed by atoms with van der Waals surface area (Å²) in [6, 6.07) is 0. The predicted molar refractivity (Wildman–Crippen MR) is 90.7 cm³/mol. The minimum Gasteiger partial charge on any atom is -0.340 e. The molecule has 0 radical (unpaired) electrons. The summed E-state index contributed by atoms with van der Waals surface area (Å²) in [6.07, 6.45) is 3.19. The van der Waals surface area contributed by atoms with E-state index in [9.17, 15) is 9.59 Å². The van der Waals surface area contributed by atoms with Crippen molar-refractivity contribution >= 4 is 23.0 Å². The van der Waals surface area contributed by atoms with Crippen molar-refractivity contribution in [3.05, 3.63) is 15.6 Å². The fourth-order valence-electron chi connectivity index (χ4n) is 3.21. The molecule has 0 aromatic carbocycles. The molecule has 0 bridgehead atoms. The van der Waals surface area contributed by atoms with E-state index in [1.807, 2.05) is 4.90 Å². The van der Waals surface area contributed by atoms with E-state index in [4.69, 9.17) is 0 Å². The third kappa shape index (κ3) is 3.98. The molecule has 1 fully saturated rings. The van der Waals surface area contributed by atoms with Gasteiger partial charge in [-0.05, 0) is 18.8 Å². The molecule has 5 nitrogen and oxygen atoms in total. The van der Waals surface area contributed by atoms with Crippen LogP contribution < -0.4 is 0 Å². The second kappa shape index (κ2) is 7.09. The third-order valence-corrected chi connectivity index (χ3v) is 5.60. The van der Waals surface area contributed by atoms with Crippen LogP contribution in [0.5, 0.6) is 0 Å². The molecule has 2 heterocycles. The van der Waals surface area contributed by atoms with Gasteiger partial charge in [0.15, 0.2) is 5.78 Å². The van der Waals surface area contributed by atoms with Crippen LogP contribution >= 0.6 is 11.3 Å². The van der Waals surface area contributed by atoms with Crippen molar-refractivity contribution in [3.8, 4) is 0 Å². The summed E-state index contributed by atoms with van der Waals surface area (Å²) in [7, 11) is 0. The summed E-state index contributed by atoms with van der Waals surface area (Å²) in [6.45, 7) is 8.35. The number of carbonyl (C=O) groups excluding carboxylic acids is 2. The number of fused-ring (bicyclic) bond motifs is 1. The molecule has 23 heavy (non-hydrogen) atoms. The molecule has 2 aliphatic rings. The molecule has 1 amide bonds. The largest absolute Gasteiger partial charge is 0.340 e. The number of aryl methyl sites for hydroxylation is 1. The first-order chi connectivity index (χ1) is 11.0. The summed E-state index contributed by atoms with van der Waals surface area (Å²) in [5.74, 6) is 0.953. The van der Waals surface area contributed by atoms with E-state index in [-0.39, 0.29) is 11.7 Å². The van der Waals surface area contributed by atoms with E-state index >= 15 is 0 Å². The lowest BCUT2D eigenvalue weighted by Gasteiger charge is -2.34. The number of hydrogen-bond donors (Lipinski definition) is 0. The predicted octanol–water partition coefficient (Wildman–Crippen LogP) is 2.35. The van der Waals surface area contributed by atoms with Crippen LogP contribution in [0, 0.1) is 5.92 Å². The molecule has 1 aromatic rings. The van der Waals surface area contributed by atoms with E-state index < -0.39 is 0 Å². The summed E-state index contributed by atoms with van der Waals surface area (Å²) in [5, 5.41) is 1.05. The van der Waals surface area contributed by atoms with E-state index in [0.717, 1.165) is 61.1 Å². The lowest BCUT2D eigenvalue weighted by Crippen LogP contribution is -2.48. The van der Waals surface area contributed by atoms with Gasteiger partial charge in [0.2, 0.25) is 5.91 Å². The Balaban J connectivity index is 1.53. The van der Waals surface area contributed by atoms with Crippen molar-refractivity contribution in [1.82, 2.24) is 14.8 Å². The summed E-state index contributed by atoms with van der Waals surface area (Å²) >= 11 is 1.57. The van der Waals surface area contributed by atoms with Gasteiger partial charge in [0, 0.05) is 39.0 Å². The van der Waals surface area contributed by atoms with E-state index in [0.29, 0.717) is 18.8 Å². The SMILES string of the molecule is CC(C)CC(=O)N1CCN(Cc2nc3c(s2)C(=O)CCC3)CC1. The maximum absolute atomic E-state index is 12.1. The molecule has 1 saturated heterocycles. The highest BCUT2D eigenvalue weighted by atomic mass is 32.1. The molecule has 1 aliphatic heterocycles. The minimum atomic E-state index is 0.263. The van der Waals surface area contributed by atoms with E-state index in [1.165, 1.54) is 0 Å². The zero-order valence-electron chi connectivity index (χ0n) is 14.0. The summed E-state index contributed by atoms with van der Waals surface area (Å²) < 4.78 is 0. The van der Waals surface area contributed by atoms with Crippen molar-refractivity contribution in [3.63, 3.8) is 0 Å². The van der Waals surface area contributed by atoms with Crippen molar-refractivity contribution < 1.29 is 9.59 Å². The van der Waals surface area contributed by atoms with Crippen molar-refractivity contribution in [2.45, 2.75) is 46.1 Å². The van der Waals surface area contributed by atoms with Crippen molar-refractivity contribution in [1.29, 1.82) is 0 Å². The Hall–Kier alpha value is -1.27. The van der Waals surface area contributed by atoms with Gasteiger partial charge in [0.05, 0.1) is 17.1 Å². The quantitative estimate of drug-likeness (QED) is 0.847. The van der Waals surface area contributed by atoms with E-state index in [1.54, 1.807) is 11.3 Å². The van der Waals surface area contributed by atoms with Gasteiger partial charge in [0.1, 0.15) is 5.01 Å². The fourth-order valence-corrected chi connectivity index (χ4v) is 4.33. The topological polar surface area (TPSA) is 53.5 Å². The van der Waals surface area contributed by atoms with Crippen LogP contribution in [0.3, 0.4) is 0 Å². The highest BCUT2D eigenvalue weighted by molar-refractivity contribution is 7.13. The Labute approximate surface area is 141 Å². The van der Waals surface area contributed by atoms with E-state index in [2.05, 4.69) is 23.7 Å². The zero-order chi connectivity index (χ0) is 16.4. The number of Topliss-reactive ketones (excluding diaryl/α,β-unsaturated/α-hetero) is 1. The molecule has 3 rings (SSSR count). The normalized spacial score (nSPS) is 19.3. The first-order valence-corrected chi connectivity index (χ1v) is 9.36.